The van der Waals surface area contributed by atoms with Crippen LogP contribution in [0, 0.1) is 5.92 Å². The fourth-order valence-electron chi connectivity index (χ4n) is 3.47. The molecule has 1 saturated heterocycles. The number of benzene rings is 1. The molecule has 1 heterocycles. The average Bonchev–Trinajstić information content (AvgIpc) is 3.09. The van der Waals surface area contributed by atoms with E-state index in [4.69, 9.17) is 25.8 Å². The van der Waals surface area contributed by atoms with Gasteiger partial charge in [-0.2, -0.15) is 0 Å². The van der Waals surface area contributed by atoms with Crippen LogP contribution in [0.25, 0.3) is 0 Å². The Labute approximate surface area is 195 Å². The van der Waals surface area contributed by atoms with Gasteiger partial charge >= 0.3 is 5.97 Å². The van der Waals surface area contributed by atoms with Gasteiger partial charge in [-0.1, -0.05) is 42.0 Å². The van der Waals surface area contributed by atoms with E-state index in [0.717, 1.165) is 25.7 Å². The molecule has 1 aliphatic rings. The van der Waals surface area contributed by atoms with Crippen molar-refractivity contribution >= 4 is 17.6 Å². The van der Waals surface area contributed by atoms with Crippen LogP contribution in [-0.2, 0) is 14.3 Å². The number of aliphatic hydroxyl groups excluding tert-OH is 2. The van der Waals surface area contributed by atoms with E-state index >= 15 is 0 Å². The van der Waals surface area contributed by atoms with Crippen LogP contribution in [0.1, 0.15) is 46.0 Å². The number of hydrogen-bond acceptors (Lipinski definition) is 6. The minimum absolute atomic E-state index is 0.0297. The van der Waals surface area contributed by atoms with E-state index in [1.165, 1.54) is 0 Å². The molecule has 2 rings (SSSR count). The largest absolute Gasteiger partial charge is 0.491 e. The fraction of sp³-hybridized carbons (Fsp3) is 0.560. The highest BCUT2D eigenvalue weighted by atomic mass is 35.5. The molecule has 4 atom stereocenters. The second-order valence-electron chi connectivity index (χ2n) is 8.23. The minimum Gasteiger partial charge on any atom is -0.491 e. The quantitative estimate of drug-likeness (QED) is 0.253. The van der Waals surface area contributed by atoms with Crippen molar-refractivity contribution in [2.75, 3.05) is 13.2 Å². The number of ether oxygens (including phenoxy) is 3. The van der Waals surface area contributed by atoms with Crippen LogP contribution in [-0.4, -0.2) is 53.8 Å². The zero-order chi connectivity index (χ0) is 23.3. The van der Waals surface area contributed by atoms with Gasteiger partial charge in [0.05, 0.1) is 24.9 Å². The molecule has 2 N–H and O–H groups in total. The lowest BCUT2D eigenvalue weighted by Gasteiger charge is -2.17. The number of hydrogen-bond donors (Lipinski definition) is 2. The second kappa shape index (κ2) is 14.3. The number of aliphatic hydroxyl groups is 2. The number of allylic oxidation sites excluding steroid dienone is 2. The highest BCUT2D eigenvalue weighted by Gasteiger charge is 2.33. The van der Waals surface area contributed by atoms with Crippen molar-refractivity contribution < 1.29 is 29.2 Å². The first-order chi connectivity index (χ1) is 15.3. The smallest absolute Gasteiger partial charge is 0.306 e. The van der Waals surface area contributed by atoms with Crippen molar-refractivity contribution in [3.8, 4) is 5.75 Å². The van der Waals surface area contributed by atoms with Crippen LogP contribution in [0.15, 0.2) is 48.6 Å². The third-order valence-electron chi connectivity index (χ3n) is 5.07. The highest BCUT2D eigenvalue weighted by Crippen LogP contribution is 2.27. The SMILES string of the molecule is CC(C)OC(=O)CCC/C=C\CC[C@H]1[C@@H](O)CO[C@@H]1/C=C/[C@@H](O)COc1cccc(Cl)c1. The molecule has 1 aromatic rings. The highest BCUT2D eigenvalue weighted by molar-refractivity contribution is 6.30. The maximum absolute atomic E-state index is 11.5. The van der Waals surface area contributed by atoms with Crippen molar-refractivity contribution in [1.82, 2.24) is 0 Å². The number of rotatable bonds is 13. The van der Waals surface area contributed by atoms with Crippen molar-refractivity contribution in [1.29, 1.82) is 0 Å². The van der Waals surface area contributed by atoms with Gasteiger partial charge in [0.15, 0.2) is 0 Å². The van der Waals surface area contributed by atoms with E-state index in [9.17, 15) is 15.0 Å². The van der Waals surface area contributed by atoms with Gasteiger partial charge < -0.3 is 24.4 Å². The van der Waals surface area contributed by atoms with E-state index in [0.29, 0.717) is 17.2 Å². The first-order valence-electron chi connectivity index (χ1n) is 11.2. The molecule has 0 saturated carbocycles. The molecular formula is C25H35ClO6. The van der Waals surface area contributed by atoms with Crippen LogP contribution in [0.4, 0.5) is 0 Å². The van der Waals surface area contributed by atoms with Crippen molar-refractivity contribution in [2.24, 2.45) is 5.92 Å². The Hall–Kier alpha value is -1.86. The second-order valence-corrected chi connectivity index (χ2v) is 8.67. The summed E-state index contributed by atoms with van der Waals surface area (Å²) in [6.45, 7) is 4.08. The Morgan fingerprint density at radius 2 is 2.09 bits per heavy atom. The minimum atomic E-state index is -0.793. The Balaban J connectivity index is 1.68. The lowest BCUT2D eigenvalue weighted by Crippen LogP contribution is -2.23. The number of esters is 1. The van der Waals surface area contributed by atoms with Crippen molar-refractivity contribution in [3.05, 3.63) is 53.6 Å². The van der Waals surface area contributed by atoms with Gasteiger partial charge in [-0.3, -0.25) is 4.79 Å². The van der Waals surface area contributed by atoms with Gasteiger partial charge in [0, 0.05) is 17.4 Å². The number of halogens is 1. The molecule has 0 radical (unpaired) electrons. The molecule has 0 amide bonds. The zero-order valence-corrected chi connectivity index (χ0v) is 19.6. The number of unbranched alkanes of at least 4 members (excludes halogenated alkanes) is 1. The van der Waals surface area contributed by atoms with Gasteiger partial charge in [-0.05, 0) is 57.7 Å². The average molecular weight is 467 g/mol. The standard InChI is InChI=1S/C25H35ClO6/c1-18(2)32-25(29)12-7-5-3-4-6-11-22-23(28)17-31-24(22)14-13-20(27)16-30-21-10-8-9-19(26)15-21/h3-4,8-10,13-15,18,20,22-24,27-28H,5-7,11-12,16-17H2,1-2H3/b4-3-,14-13+/t20-,22+,23+,24-/m1/s1. The maximum atomic E-state index is 11.5. The summed E-state index contributed by atoms with van der Waals surface area (Å²) < 4.78 is 16.3. The summed E-state index contributed by atoms with van der Waals surface area (Å²) in [4.78, 5) is 11.5. The normalized spacial score (nSPS) is 22.1. The van der Waals surface area contributed by atoms with Crippen molar-refractivity contribution in [3.63, 3.8) is 0 Å². The molecule has 0 aromatic heterocycles. The van der Waals surface area contributed by atoms with Crippen LogP contribution in [0.3, 0.4) is 0 Å². The predicted octanol–water partition coefficient (Wildman–Crippen LogP) is 4.47. The number of carbonyl (C=O) groups excluding carboxylic acids is 1. The van der Waals surface area contributed by atoms with Gasteiger partial charge in [-0.25, -0.2) is 0 Å². The molecule has 6 nitrogen and oxygen atoms in total. The molecule has 7 heteroatoms. The summed E-state index contributed by atoms with van der Waals surface area (Å²) in [7, 11) is 0. The van der Waals surface area contributed by atoms with Gasteiger partial charge in [0.2, 0.25) is 0 Å². The van der Waals surface area contributed by atoms with Gasteiger partial charge in [0.1, 0.15) is 18.5 Å². The maximum Gasteiger partial charge on any atom is 0.306 e. The topological polar surface area (TPSA) is 85.2 Å². The fourth-order valence-corrected chi connectivity index (χ4v) is 3.65. The number of carbonyl (C=O) groups is 1. The Morgan fingerprint density at radius 1 is 1.31 bits per heavy atom. The van der Waals surface area contributed by atoms with Crippen LogP contribution < -0.4 is 4.74 Å². The first-order valence-corrected chi connectivity index (χ1v) is 11.6. The molecule has 178 valence electrons. The molecule has 0 aliphatic carbocycles. The predicted molar refractivity (Wildman–Crippen MR) is 125 cm³/mol. The van der Waals surface area contributed by atoms with Gasteiger partial charge in [-0.15, -0.1) is 0 Å². The Bertz CT molecular complexity index is 748. The Kier molecular flexibility index (Phi) is 11.8. The molecule has 1 aromatic carbocycles. The van der Waals surface area contributed by atoms with Crippen molar-refractivity contribution in [2.45, 2.75) is 70.4 Å². The summed E-state index contributed by atoms with van der Waals surface area (Å²) in [6.07, 6.45) is 9.54. The van der Waals surface area contributed by atoms with E-state index in [-0.39, 0.29) is 37.3 Å². The molecule has 0 spiro atoms. The van der Waals surface area contributed by atoms with Crippen LogP contribution in [0.5, 0.6) is 5.75 Å². The zero-order valence-electron chi connectivity index (χ0n) is 18.9. The third-order valence-corrected chi connectivity index (χ3v) is 5.30. The molecule has 32 heavy (non-hydrogen) atoms. The third kappa shape index (κ3) is 10.2. The summed E-state index contributed by atoms with van der Waals surface area (Å²) >= 11 is 5.92. The van der Waals surface area contributed by atoms with E-state index in [1.807, 2.05) is 13.8 Å². The van der Waals surface area contributed by atoms with E-state index in [1.54, 1.807) is 36.4 Å². The summed E-state index contributed by atoms with van der Waals surface area (Å²) in [5.41, 5.74) is 0. The first kappa shape index (κ1) is 26.4. The van der Waals surface area contributed by atoms with E-state index in [2.05, 4.69) is 12.2 Å². The Morgan fingerprint density at radius 3 is 2.84 bits per heavy atom. The molecular weight excluding hydrogens is 432 g/mol. The van der Waals surface area contributed by atoms with Crippen LogP contribution in [0.2, 0.25) is 5.02 Å². The van der Waals surface area contributed by atoms with Crippen LogP contribution >= 0.6 is 11.6 Å². The monoisotopic (exact) mass is 466 g/mol. The molecule has 0 unspecified atom stereocenters. The van der Waals surface area contributed by atoms with Gasteiger partial charge in [0.25, 0.3) is 0 Å². The summed E-state index contributed by atoms with van der Waals surface area (Å²) in [6, 6.07) is 7.01. The summed E-state index contributed by atoms with van der Waals surface area (Å²) in [5.74, 6) is 0.409. The van der Waals surface area contributed by atoms with E-state index < -0.39 is 12.2 Å². The lowest BCUT2D eigenvalue weighted by molar-refractivity contribution is -0.147. The summed E-state index contributed by atoms with van der Waals surface area (Å²) in [5, 5.41) is 21.0. The molecule has 0 bridgehead atoms. The molecule has 1 aliphatic heterocycles. The molecule has 1 fully saturated rings. The lowest BCUT2D eigenvalue weighted by atomic mass is 9.93.